The Kier molecular flexibility index (Phi) is 4.43. The van der Waals surface area contributed by atoms with Gasteiger partial charge >= 0.3 is 5.97 Å². The molecule has 98 valence electrons. The normalized spacial score (nSPS) is 10.3. The molecule has 0 atom stereocenters. The molecule has 0 spiro atoms. The van der Waals surface area contributed by atoms with Gasteiger partial charge in [-0.15, -0.1) is 0 Å². The van der Waals surface area contributed by atoms with E-state index in [-0.39, 0.29) is 6.61 Å². The van der Waals surface area contributed by atoms with Gasteiger partial charge in [-0.1, -0.05) is 35.3 Å². The maximum absolute atomic E-state index is 11.9. The largest absolute Gasteiger partial charge is 0.423 e. The van der Waals surface area contributed by atoms with Crippen molar-refractivity contribution in [3.8, 4) is 5.75 Å². The summed E-state index contributed by atoms with van der Waals surface area (Å²) >= 11 is 11.6. The summed E-state index contributed by atoms with van der Waals surface area (Å²) in [6.07, 6.45) is 0. The minimum atomic E-state index is -0.518. The zero-order chi connectivity index (χ0) is 13.8. The molecule has 1 N–H and O–H groups in total. The van der Waals surface area contributed by atoms with Gasteiger partial charge in [0.15, 0.2) is 0 Å². The highest BCUT2D eigenvalue weighted by Crippen LogP contribution is 2.23. The van der Waals surface area contributed by atoms with Gasteiger partial charge in [0.25, 0.3) is 0 Å². The van der Waals surface area contributed by atoms with Crippen molar-refractivity contribution in [2.75, 3.05) is 0 Å². The van der Waals surface area contributed by atoms with E-state index in [0.29, 0.717) is 21.4 Å². The fourth-order valence-electron chi connectivity index (χ4n) is 1.45. The second-order valence-electron chi connectivity index (χ2n) is 3.82. The van der Waals surface area contributed by atoms with Crippen LogP contribution in [-0.2, 0) is 6.61 Å². The number of ether oxygens (including phenoxy) is 1. The summed E-state index contributed by atoms with van der Waals surface area (Å²) in [7, 11) is 0. The number of aliphatic hydroxyl groups is 1. The highest BCUT2D eigenvalue weighted by Gasteiger charge is 2.10. The molecule has 0 bridgehead atoms. The maximum atomic E-state index is 11.9. The Morgan fingerprint density at radius 3 is 2.32 bits per heavy atom. The number of esters is 1. The zero-order valence-corrected chi connectivity index (χ0v) is 11.3. The van der Waals surface area contributed by atoms with E-state index in [2.05, 4.69) is 0 Å². The van der Waals surface area contributed by atoms with Crippen molar-refractivity contribution in [1.29, 1.82) is 0 Å². The molecular formula is C14H10Cl2O3. The first kappa shape index (κ1) is 13.9. The van der Waals surface area contributed by atoms with Gasteiger partial charge in [-0.3, -0.25) is 0 Å². The lowest BCUT2D eigenvalue weighted by Crippen LogP contribution is -2.08. The second kappa shape index (κ2) is 6.06. The van der Waals surface area contributed by atoms with Crippen molar-refractivity contribution in [3.63, 3.8) is 0 Å². The van der Waals surface area contributed by atoms with Crippen LogP contribution >= 0.6 is 23.2 Å². The highest BCUT2D eigenvalue weighted by molar-refractivity contribution is 6.42. The molecule has 0 aliphatic carbocycles. The summed E-state index contributed by atoms with van der Waals surface area (Å²) in [6, 6.07) is 11.1. The minimum absolute atomic E-state index is 0.0545. The summed E-state index contributed by atoms with van der Waals surface area (Å²) in [6.45, 7) is -0.0545. The lowest BCUT2D eigenvalue weighted by Gasteiger charge is -2.05. The zero-order valence-electron chi connectivity index (χ0n) is 9.77. The number of carbonyl (C=O) groups is 1. The molecule has 5 heteroatoms. The van der Waals surface area contributed by atoms with E-state index >= 15 is 0 Å². The molecule has 0 amide bonds. The van der Waals surface area contributed by atoms with Crippen LogP contribution in [0.4, 0.5) is 0 Å². The number of hydrogen-bond donors (Lipinski definition) is 1. The smallest absolute Gasteiger partial charge is 0.343 e. The van der Waals surface area contributed by atoms with Crippen molar-refractivity contribution in [3.05, 3.63) is 63.6 Å². The summed E-state index contributed by atoms with van der Waals surface area (Å²) in [5, 5.41) is 9.59. The predicted molar refractivity (Wildman–Crippen MR) is 73.8 cm³/mol. The summed E-state index contributed by atoms with van der Waals surface area (Å²) in [5.74, 6) is -0.122. The number of rotatable bonds is 3. The molecule has 0 heterocycles. The van der Waals surface area contributed by atoms with Crippen LogP contribution in [0.1, 0.15) is 15.9 Å². The van der Waals surface area contributed by atoms with Crippen molar-refractivity contribution in [1.82, 2.24) is 0 Å². The Morgan fingerprint density at radius 2 is 1.74 bits per heavy atom. The first-order chi connectivity index (χ1) is 9.10. The molecule has 0 saturated heterocycles. The second-order valence-corrected chi connectivity index (χ2v) is 4.63. The molecule has 19 heavy (non-hydrogen) atoms. The lowest BCUT2D eigenvalue weighted by molar-refractivity contribution is 0.0734. The summed E-state index contributed by atoms with van der Waals surface area (Å²) in [4.78, 5) is 11.9. The van der Waals surface area contributed by atoms with Gasteiger partial charge in [-0.25, -0.2) is 4.79 Å². The van der Waals surface area contributed by atoms with Gasteiger partial charge < -0.3 is 9.84 Å². The number of aliphatic hydroxyl groups excluding tert-OH is 1. The molecule has 3 nitrogen and oxygen atoms in total. The van der Waals surface area contributed by atoms with Crippen LogP contribution in [0.5, 0.6) is 5.75 Å². The number of benzene rings is 2. The molecule has 0 aliphatic heterocycles. The van der Waals surface area contributed by atoms with Gasteiger partial charge in [0, 0.05) is 0 Å². The Bertz CT molecular complexity index is 594. The standard InChI is InChI=1S/C14H10Cl2O3/c15-12-6-3-10(7-13(12)16)14(18)19-11-4-1-9(8-17)2-5-11/h1-7,17H,8H2. The van der Waals surface area contributed by atoms with Gasteiger partial charge in [-0.05, 0) is 35.9 Å². The number of hydrogen-bond acceptors (Lipinski definition) is 3. The first-order valence-corrected chi connectivity index (χ1v) is 6.23. The average Bonchev–Trinajstić information content (AvgIpc) is 2.42. The monoisotopic (exact) mass is 296 g/mol. The van der Waals surface area contributed by atoms with Gasteiger partial charge in [-0.2, -0.15) is 0 Å². The van der Waals surface area contributed by atoms with Crippen LogP contribution in [0, 0.1) is 0 Å². The molecule has 2 rings (SSSR count). The molecule has 0 radical (unpaired) electrons. The SMILES string of the molecule is O=C(Oc1ccc(CO)cc1)c1ccc(Cl)c(Cl)c1. The van der Waals surface area contributed by atoms with Crippen LogP contribution in [0.15, 0.2) is 42.5 Å². The van der Waals surface area contributed by atoms with E-state index in [0.717, 1.165) is 5.56 Å². The molecule has 2 aromatic carbocycles. The van der Waals surface area contributed by atoms with Crippen molar-refractivity contribution in [2.24, 2.45) is 0 Å². The van der Waals surface area contributed by atoms with Gasteiger partial charge in [0.2, 0.25) is 0 Å². The third kappa shape index (κ3) is 3.47. The maximum Gasteiger partial charge on any atom is 0.343 e. The molecule has 2 aromatic rings. The summed E-state index contributed by atoms with van der Waals surface area (Å²) in [5.41, 5.74) is 1.06. The van der Waals surface area contributed by atoms with Crippen molar-refractivity contribution >= 4 is 29.2 Å². The van der Waals surface area contributed by atoms with E-state index in [1.807, 2.05) is 0 Å². The van der Waals surface area contributed by atoms with Crippen LogP contribution in [-0.4, -0.2) is 11.1 Å². The molecule has 0 saturated carbocycles. The Hall–Kier alpha value is -1.55. The third-order valence-electron chi connectivity index (χ3n) is 2.47. The first-order valence-electron chi connectivity index (χ1n) is 5.47. The average molecular weight is 297 g/mol. The third-order valence-corrected chi connectivity index (χ3v) is 3.21. The molecule has 0 aliphatic rings. The van der Waals surface area contributed by atoms with E-state index in [1.54, 1.807) is 30.3 Å². The fourth-order valence-corrected chi connectivity index (χ4v) is 1.75. The molecule has 0 unspecified atom stereocenters. The van der Waals surface area contributed by atoms with Gasteiger partial charge in [0.05, 0.1) is 22.2 Å². The van der Waals surface area contributed by atoms with Gasteiger partial charge in [0.1, 0.15) is 5.75 Å². The Balaban J connectivity index is 2.13. The lowest BCUT2D eigenvalue weighted by atomic mass is 10.2. The highest BCUT2D eigenvalue weighted by atomic mass is 35.5. The van der Waals surface area contributed by atoms with Crippen molar-refractivity contribution in [2.45, 2.75) is 6.61 Å². The van der Waals surface area contributed by atoms with Crippen LogP contribution in [0.3, 0.4) is 0 Å². The topological polar surface area (TPSA) is 46.5 Å². The number of halogens is 2. The summed E-state index contributed by atoms with van der Waals surface area (Å²) < 4.78 is 5.17. The van der Waals surface area contributed by atoms with E-state index in [1.165, 1.54) is 12.1 Å². The van der Waals surface area contributed by atoms with Crippen molar-refractivity contribution < 1.29 is 14.6 Å². The molecule has 0 fully saturated rings. The number of carbonyl (C=O) groups excluding carboxylic acids is 1. The molecular weight excluding hydrogens is 287 g/mol. The fraction of sp³-hybridized carbons (Fsp3) is 0.0714. The quantitative estimate of drug-likeness (QED) is 0.694. The van der Waals surface area contributed by atoms with Crippen LogP contribution < -0.4 is 4.74 Å². The van der Waals surface area contributed by atoms with E-state index in [9.17, 15) is 4.79 Å². The van der Waals surface area contributed by atoms with E-state index < -0.39 is 5.97 Å². The van der Waals surface area contributed by atoms with Crippen LogP contribution in [0.25, 0.3) is 0 Å². The predicted octanol–water partition coefficient (Wildman–Crippen LogP) is 3.70. The Morgan fingerprint density at radius 1 is 1.05 bits per heavy atom. The van der Waals surface area contributed by atoms with Crippen LogP contribution in [0.2, 0.25) is 10.0 Å². The van der Waals surface area contributed by atoms with E-state index in [4.69, 9.17) is 33.0 Å². The Labute approximate surface area is 120 Å². The minimum Gasteiger partial charge on any atom is -0.423 e. The molecule has 0 aromatic heterocycles.